The fraction of sp³-hybridized carbons (Fsp3) is 0.200. The lowest BCUT2D eigenvalue weighted by molar-refractivity contribution is 0.0701. The van der Waals surface area contributed by atoms with Crippen LogP contribution < -0.4 is 15.8 Å². The molecule has 4 N–H and O–H groups in total. The van der Waals surface area contributed by atoms with E-state index >= 15 is 0 Å². The van der Waals surface area contributed by atoms with Gasteiger partial charge in [-0.1, -0.05) is 39.4 Å². The fourth-order valence-electron chi connectivity index (χ4n) is 2.23. The van der Waals surface area contributed by atoms with Gasteiger partial charge in [0, 0.05) is 16.2 Å². The number of nitrogens with two attached hydrogens (primary N) is 1. The molecule has 3 aromatic rings. The minimum Gasteiger partial charge on any atom is -0.497 e. The van der Waals surface area contributed by atoms with Crippen molar-refractivity contribution in [3.63, 3.8) is 0 Å². The number of anilines is 2. The van der Waals surface area contributed by atoms with Gasteiger partial charge in [0.2, 0.25) is 0 Å². The number of carbonyl (C=O) groups is 1. The molecule has 0 aliphatic carbocycles. The zero-order chi connectivity index (χ0) is 20.7. The summed E-state index contributed by atoms with van der Waals surface area (Å²) in [5.74, 6) is -0.0799. The molecule has 3 rings (SSSR count). The molecule has 0 aliphatic heterocycles. The Bertz CT molecular complexity index is 927. The third-order valence-electron chi connectivity index (χ3n) is 3.71. The van der Waals surface area contributed by atoms with Crippen LogP contribution in [0.15, 0.2) is 53.0 Å². The van der Waals surface area contributed by atoms with Crippen LogP contribution in [0.4, 0.5) is 10.8 Å². The molecule has 2 aromatic carbocycles. The van der Waals surface area contributed by atoms with E-state index in [2.05, 4.69) is 26.2 Å². The molecule has 0 bridgehead atoms. The summed E-state index contributed by atoms with van der Waals surface area (Å²) in [6.07, 6.45) is 0. The Hall–Kier alpha value is -2.42. The van der Waals surface area contributed by atoms with E-state index in [1.807, 2.05) is 55.5 Å². The molecular formula is C20H22BrN3O3S. The molecule has 8 heteroatoms. The zero-order valence-corrected chi connectivity index (χ0v) is 18.2. The first-order valence-corrected chi connectivity index (χ1v) is 10.0. The second-order valence-corrected chi connectivity index (χ2v) is 7.85. The van der Waals surface area contributed by atoms with Gasteiger partial charge < -0.3 is 20.9 Å². The molecule has 0 saturated carbocycles. The van der Waals surface area contributed by atoms with Gasteiger partial charge in [-0.2, -0.15) is 0 Å². The van der Waals surface area contributed by atoms with Crippen LogP contribution in [-0.4, -0.2) is 23.2 Å². The van der Waals surface area contributed by atoms with Gasteiger partial charge in [0.15, 0.2) is 5.13 Å². The predicted octanol–water partition coefficient (Wildman–Crippen LogP) is 5.37. The number of hydrogen-bond donors (Lipinski definition) is 3. The van der Waals surface area contributed by atoms with Crippen LogP contribution in [0.2, 0.25) is 0 Å². The van der Waals surface area contributed by atoms with Crippen molar-refractivity contribution in [1.29, 1.82) is 0 Å². The normalized spacial score (nSPS) is 11.2. The monoisotopic (exact) mass is 463 g/mol. The molecule has 28 heavy (non-hydrogen) atoms. The van der Waals surface area contributed by atoms with Crippen LogP contribution in [0.25, 0.3) is 0 Å². The summed E-state index contributed by atoms with van der Waals surface area (Å²) in [7, 11) is 1.65. The number of aryl methyl sites for hydroxylation is 1. The van der Waals surface area contributed by atoms with Crippen molar-refractivity contribution in [2.75, 3.05) is 12.4 Å². The molecule has 1 atom stereocenters. The van der Waals surface area contributed by atoms with Gasteiger partial charge in [-0.15, -0.1) is 0 Å². The molecule has 0 aliphatic rings. The third-order valence-corrected chi connectivity index (χ3v) is 5.30. The Kier molecular flexibility index (Phi) is 7.98. The van der Waals surface area contributed by atoms with Crippen LogP contribution in [0.5, 0.6) is 5.75 Å². The minimum absolute atomic E-state index is 0.0742. The van der Waals surface area contributed by atoms with Gasteiger partial charge in [0.25, 0.3) is 0 Å². The number of ether oxygens (including phenoxy) is 1. The van der Waals surface area contributed by atoms with Crippen LogP contribution in [0, 0.1) is 6.92 Å². The first kappa shape index (κ1) is 21.9. The number of thiazole rings is 1. The zero-order valence-electron chi connectivity index (χ0n) is 15.8. The minimum atomic E-state index is -0.941. The van der Waals surface area contributed by atoms with Gasteiger partial charge >= 0.3 is 5.97 Å². The molecule has 1 aromatic heterocycles. The molecule has 0 unspecified atom stereocenters. The molecular weight excluding hydrogens is 442 g/mol. The fourth-order valence-corrected chi connectivity index (χ4v) is 3.32. The van der Waals surface area contributed by atoms with E-state index in [1.165, 1.54) is 0 Å². The lowest BCUT2D eigenvalue weighted by atomic mass is 10.1. The standard InChI is InChI=1S/C11H9BrN2O2S.C9H13NO/c1-6-9(10(15)16)17-11(13-6)14-8-4-2-7(12)3-5-8;1-7(10)8-4-3-5-9(6-8)11-2/h2-5H,1H3,(H,13,14)(H,15,16);3-7H,10H2,1-2H3/t;7-/m.1/s1. The summed E-state index contributed by atoms with van der Waals surface area (Å²) >= 11 is 4.48. The maximum Gasteiger partial charge on any atom is 0.347 e. The lowest BCUT2D eigenvalue weighted by Crippen LogP contribution is -2.04. The number of methoxy groups -OCH3 is 1. The molecule has 1 heterocycles. The highest BCUT2D eigenvalue weighted by Gasteiger charge is 2.13. The first-order valence-electron chi connectivity index (χ1n) is 8.43. The van der Waals surface area contributed by atoms with E-state index in [0.29, 0.717) is 10.8 Å². The number of aromatic nitrogens is 1. The average Bonchev–Trinajstić information content (AvgIpc) is 3.04. The van der Waals surface area contributed by atoms with Gasteiger partial charge in [0.05, 0.1) is 12.8 Å². The number of rotatable bonds is 5. The number of halogens is 1. The Morgan fingerprint density at radius 2 is 1.96 bits per heavy atom. The largest absolute Gasteiger partial charge is 0.497 e. The third kappa shape index (κ3) is 6.33. The maximum atomic E-state index is 10.9. The molecule has 0 amide bonds. The van der Waals surface area contributed by atoms with Gasteiger partial charge in [0.1, 0.15) is 10.6 Å². The summed E-state index contributed by atoms with van der Waals surface area (Å²) in [5.41, 5.74) is 8.19. The average molecular weight is 464 g/mol. The van der Waals surface area contributed by atoms with Crippen molar-refractivity contribution >= 4 is 44.1 Å². The number of carboxylic acids is 1. The highest BCUT2D eigenvalue weighted by atomic mass is 79.9. The Balaban J connectivity index is 0.000000221. The van der Waals surface area contributed by atoms with E-state index in [1.54, 1.807) is 14.0 Å². The van der Waals surface area contributed by atoms with E-state index < -0.39 is 5.97 Å². The van der Waals surface area contributed by atoms with E-state index in [-0.39, 0.29) is 10.9 Å². The summed E-state index contributed by atoms with van der Waals surface area (Å²) < 4.78 is 6.04. The maximum absolute atomic E-state index is 10.9. The second kappa shape index (κ2) is 10.2. The highest BCUT2D eigenvalue weighted by Crippen LogP contribution is 2.26. The van der Waals surface area contributed by atoms with Crippen LogP contribution >= 0.6 is 27.3 Å². The lowest BCUT2D eigenvalue weighted by Gasteiger charge is -2.06. The topological polar surface area (TPSA) is 97.5 Å². The smallest absolute Gasteiger partial charge is 0.347 e. The summed E-state index contributed by atoms with van der Waals surface area (Å²) in [5, 5.41) is 12.6. The van der Waals surface area contributed by atoms with Crippen molar-refractivity contribution < 1.29 is 14.6 Å². The molecule has 6 nitrogen and oxygen atoms in total. The Morgan fingerprint density at radius 3 is 2.50 bits per heavy atom. The first-order chi connectivity index (χ1) is 13.3. The Labute approximate surface area is 176 Å². The van der Waals surface area contributed by atoms with E-state index in [0.717, 1.165) is 32.8 Å². The molecule has 148 valence electrons. The van der Waals surface area contributed by atoms with E-state index in [9.17, 15) is 4.79 Å². The van der Waals surface area contributed by atoms with Gasteiger partial charge in [-0.05, 0) is 55.8 Å². The van der Waals surface area contributed by atoms with E-state index in [4.69, 9.17) is 15.6 Å². The summed E-state index contributed by atoms with van der Waals surface area (Å²) in [6.45, 7) is 3.64. The number of nitrogens with one attached hydrogen (secondary N) is 1. The molecule has 0 fully saturated rings. The summed E-state index contributed by atoms with van der Waals surface area (Å²) in [4.78, 5) is 15.3. The molecule has 0 spiro atoms. The van der Waals surface area contributed by atoms with Crippen molar-refractivity contribution in [3.05, 3.63) is 69.1 Å². The van der Waals surface area contributed by atoms with Crippen LogP contribution in [0.1, 0.15) is 33.9 Å². The van der Waals surface area contributed by atoms with Gasteiger partial charge in [-0.3, -0.25) is 0 Å². The SMILES string of the molecule is COc1cccc([C@@H](C)N)c1.Cc1nc(Nc2ccc(Br)cc2)sc1C(=O)O. The number of benzene rings is 2. The second-order valence-electron chi connectivity index (χ2n) is 5.94. The van der Waals surface area contributed by atoms with Crippen molar-refractivity contribution in [1.82, 2.24) is 4.98 Å². The molecule has 0 saturated heterocycles. The quantitative estimate of drug-likeness (QED) is 0.470. The van der Waals surface area contributed by atoms with Gasteiger partial charge in [-0.25, -0.2) is 9.78 Å². The van der Waals surface area contributed by atoms with Crippen molar-refractivity contribution in [2.45, 2.75) is 19.9 Å². The predicted molar refractivity (Wildman–Crippen MR) is 117 cm³/mol. The van der Waals surface area contributed by atoms with Crippen LogP contribution in [0.3, 0.4) is 0 Å². The highest BCUT2D eigenvalue weighted by molar-refractivity contribution is 9.10. The molecule has 0 radical (unpaired) electrons. The number of hydrogen-bond acceptors (Lipinski definition) is 6. The Morgan fingerprint density at radius 1 is 1.29 bits per heavy atom. The number of aromatic carboxylic acids is 1. The van der Waals surface area contributed by atoms with Crippen LogP contribution in [-0.2, 0) is 0 Å². The summed E-state index contributed by atoms with van der Waals surface area (Å²) in [6, 6.07) is 15.5. The van der Waals surface area contributed by atoms with Crippen molar-refractivity contribution in [2.24, 2.45) is 5.73 Å². The van der Waals surface area contributed by atoms with Crippen molar-refractivity contribution in [3.8, 4) is 5.75 Å². The number of nitrogens with zero attached hydrogens (tertiary/aromatic N) is 1. The number of carboxylic acid groups (broad SMARTS) is 1.